The van der Waals surface area contributed by atoms with E-state index < -0.39 is 0 Å². The smallest absolute Gasteiger partial charge is 0.106 e. The summed E-state index contributed by atoms with van der Waals surface area (Å²) in [5.41, 5.74) is 8.06. The van der Waals surface area contributed by atoms with E-state index in [1.54, 1.807) is 24.5 Å². The van der Waals surface area contributed by atoms with Gasteiger partial charge in [-0.2, -0.15) is 0 Å². The maximum atomic E-state index is 5.91. The average molecular weight is 264 g/mol. The summed E-state index contributed by atoms with van der Waals surface area (Å²) in [6.45, 7) is 0. The third kappa shape index (κ3) is 2.93. The summed E-state index contributed by atoms with van der Waals surface area (Å²) in [6.07, 6.45) is 3.43. The van der Waals surface area contributed by atoms with Crippen molar-refractivity contribution in [3.05, 3.63) is 53.3 Å². The van der Waals surface area contributed by atoms with Gasteiger partial charge in [-0.3, -0.25) is 4.98 Å². The topological polar surface area (TPSA) is 50.9 Å². The summed E-state index contributed by atoms with van der Waals surface area (Å²) in [6, 6.07) is 9.11. The monoisotopic (exact) mass is 263 g/mol. The first-order valence-corrected chi connectivity index (χ1v) is 5.72. The third-order valence-corrected chi connectivity index (χ3v) is 2.64. The van der Waals surface area contributed by atoms with Crippen LogP contribution in [0.15, 0.2) is 42.7 Å². The van der Waals surface area contributed by atoms with Gasteiger partial charge in [0.25, 0.3) is 0 Å². The molecule has 1 heterocycles. The molecule has 0 radical (unpaired) electrons. The summed E-state index contributed by atoms with van der Waals surface area (Å²) >= 11 is 10.9. The Morgan fingerprint density at radius 3 is 2.82 bits per heavy atom. The zero-order chi connectivity index (χ0) is 12.3. The van der Waals surface area contributed by atoms with Crippen LogP contribution in [0.2, 0.25) is 5.02 Å². The summed E-state index contributed by atoms with van der Waals surface area (Å²) in [5.74, 6) is 0. The normalized spacial score (nSPS) is 9.94. The average Bonchev–Trinajstić information content (AvgIpc) is 2.32. The molecule has 3 N–H and O–H groups in total. The Morgan fingerprint density at radius 1 is 1.35 bits per heavy atom. The fraction of sp³-hybridized carbons (Fsp3) is 0. The number of halogens is 1. The minimum absolute atomic E-state index is 0.305. The molecule has 86 valence electrons. The van der Waals surface area contributed by atoms with Gasteiger partial charge in [0.2, 0.25) is 0 Å². The Hall–Kier alpha value is -1.65. The SMILES string of the molecule is NC(=S)c1cc(Cl)ccc1Nc1cccnc1. The molecule has 0 aliphatic rings. The predicted octanol–water partition coefficient (Wildman–Crippen LogP) is 3.11. The lowest BCUT2D eigenvalue weighted by Gasteiger charge is -2.11. The lowest BCUT2D eigenvalue weighted by molar-refractivity contribution is 1.32. The molecule has 0 atom stereocenters. The number of pyridine rings is 1. The maximum absolute atomic E-state index is 5.91. The molecule has 0 aliphatic carbocycles. The van der Waals surface area contributed by atoms with Crippen LogP contribution >= 0.6 is 23.8 Å². The number of nitrogens with zero attached hydrogens (tertiary/aromatic N) is 1. The largest absolute Gasteiger partial charge is 0.389 e. The highest BCUT2D eigenvalue weighted by atomic mass is 35.5. The van der Waals surface area contributed by atoms with Crippen LogP contribution in [0.25, 0.3) is 0 Å². The predicted molar refractivity (Wildman–Crippen MR) is 74.9 cm³/mol. The van der Waals surface area contributed by atoms with Crippen LogP contribution in [0.5, 0.6) is 0 Å². The van der Waals surface area contributed by atoms with Crippen LogP contribution in [0.1, 0.15) is 5.56 Å². The van der Waals surface area contributed by atoms with Crippen LogP contribution in [0.4, 0.5) is 11.4 Å². The molecule has 0 saturated heterocycles. The van der Waals surface area contributed by atoms with Gasteiger partial charge in [-0.15, -0.1) is 0 Å². The summed E-state index contributed by atoms with van der Waals surface area (Å²) < 4.78 is 0. The second kappa shape index (κ2) is 5.12. The molecular formula is C12H10ClN3S. The van der Waals surface area contributed by atoms with Crippen molar-refractivity contribution >= 4 is 40.2 Å². The van der Waals surface area contributed by atoms with E-state index in [2.05, 4.69) is 10.3 Å². The van der Waals surface area contributed by atoms with Gasteiger partial charge in [-0.1, -0.05) is 23.8 Å². The Kier molecular flexibility index (Phi) is 3.56. The van der Waals surface area contributed by atoms with Crippen molar-refractivity contribution < 1.29 is 0 Å². The van der Waals surface area contributed by atoms with E-state index in [0.717, 1.165) is 16.9 Å². The highest BCUT2D eigenvalue weighted by Gasteiger charge is 2.06. The van der Waals surface area contributed by atoms with E-state index in [-0.39, 0.29) is 0 Å². The molecule has 0 amide bonds. The van der Waals surface area contributed by atoms with E-state index in [9.17, 15) is 0 Å². The van der Waals surface area contributed by atoms with Crippen LogP contribution in [-0.4, -0.2) is 9.97 Å². The fourth-order valence-electron chi connectivity index (χ4n) is 1.42. The molecule has 0 bridgehead atoms. The molecule has 0 saturated carbocycles. The molecule has 1 aromatic heterocycles. The van der Waals surface area contributed by atoms with Gasteiger partial charge >= 0.3 is 0 Å². The van der Waals surface area contributed by atoms with Crippen molar-refractivity contribution in [3.8, 4) is 0 Å². The van der Waals surface area contributed by atoms with Crippen molar-refractivity contribution in [3.63, 3.8) is 0 Å². The second-order valence-corrected chi connectivity index (χ2v) is 4.30. The Morgan fingerprint density at radius 2 is 2.18 bits per heavy atom. The third-order valence-electron chi connectivity index (χ3n) is 2.19. The Labute approximate surface area is 110 Å². The Bertz CT molecular complexity index is 543. The zero-order valence-electron chi connectivity index (χ0n) is 8.85. The minimum Gasteiger partial charge on any atom is -0.389 e. The fourth-order valence-corrected chi connectivity index (χ4v) is 1.76. The van der Waals surface area contributed by atoms with Crippen molar-refractivity contribution in [2.75, 3.05) is 5.32 Å². The van der Waals surface area contributed by atoms with Gasteiger partial charge in [-0.25, -0.2) is 0 Å². The lowest BCUT2D eigenvalue weighted by atomic mass is 10.1. The van der Waals surface area contributed by atoms with Gasteiger partial charge in [-0.05, 0) is 30.3 Å². The first-order chi connectivity index (χ1) is 8.16. The van der Waals surface area contributed by atoms with Gasteiger partial charge in [0.15, 0.2) is 0 Å². The molecule has 0 fully saturated rings. The van der Waals surface area contributed by atoms with Crippen molar-refractivity contribution in [1.82, 2.24) is 4.98 Å². The molecule has 0 unspecified atom stereocenters. The number of rotatable bonds is 3. The summed E-state index contributed by atoms with van der Waals surface area (Å²) in [5, 5.41) is 3.79. The van der Waals surface area contributed by atoms with Crippen LogP contribution in [0.3, 0.4) is 0 Å². The Balaban J connectivity index is 2.36. The quantitative estimate of drug-likeness (QED) is 0.836. The molecule has 17 heavy (non-hydrogen) atoms. The number of hydrogen-bond acceptors (Lipinski definition) is 3. The highest BCUT2D eigenvalue weighted by molar-refractivity contribution is 7.80. The number of nitrogens with two attached hydrogens (primary N) is 1. The number of anilines is 2. The standard InChI is InChI=1S/C12H10ClN3S/c13-8-3-4-11(10(6-8)12(14)17)16-9-2-1-5-15-7-9/h1-7,16H,(H2,14,17). The molecule has 3 nitrogen and oxygen atoms in total. The first kappa shape index (κ1) is 11.8. The highest BCUT2D eigenvalue weighted by Crippen LogP contribution is 2.23. The molecular weight excluding hydrogens is 254 g/mol. The second-order valence-electron chi connectivity index (χ2n) is 3.42. The summed E-state index contributed by atoms with van der Waals surface area (Å²) in [7, 11) is 0. The molecule has 5 heteroatoms. The molecule has 2 rings (SSSR count). The van der Waals surface area contributed by atoms with E-state index in [1.807, 2.05) is 18.2 Å². The molecule has 1 aromatic carbocycles. The molecule has 2 aromatic rings. The summed E-state index contributed by atoms with van der Waals surface area (Å²) in [4.78, 5) is 4.32. The van der Waals surface area contributed by atoms with Gasteiger partial charge in [0.1, 0.15) is 4.99 Å². The lowest BCUT2D eigenvalue weighted by Crippen LogP contribution is -2.11. The van der Waals surface area contributed by atoms with Crippen molar-refractivity contribution in [2.45, 2.75) is 0 Å². The maximum Gasteiger partial charge on any atom is 0.106 e. The number of benzene rings is 1. The van der Waals surface area contributed by atoms with Gasteiger partial charge in [0, 0.05) is 22.5 Å². The minimum atomic E-state index is 0.305. The van der Waals surface area contributed by atoms with Crippen LogP contribution in [0, 0.1) is 0 Å². The first-order valence-electron chi connectivity index (χ1n) is 4.93. The zero-order valence-corrected chi connectivity index (χ0v) is 10.4. The number of nitrogens with one attached hydrogen (secondary N) is 1. The molecule has 0 aliphatic heterocycles. The number of thiocarbonyl (C=S) groups is 1. The number of aromatic nitrogens is 1. The van der Waals surface area contributed by atoms with Gasteiger partial charge < -0.3 is 11.1 Å². The van der Waals surface area contributed by atoms with E-state index in [4.69, 9.17) is 29.6 Å². The van der Waals surface area contributed by atoms with E-state index in [0.29, 0.717) is 10.0 Å². The number of hydrogen-bond donors (Lipinski definition) is 2. The molecule has 0 spiro atoms. The van der Waals surface area contributed by atoms with Crippen molar-refractivity contribution in [1.29, 1.82) is 0 Å². The van der Waals surface area contributed by atoms with Crippen LogP contribution in [-0.2, 0) is 0 Å². The van der Waals surface area contributed by atoms with E-state index >= 15 is 0 Å². The van der Waals surface area contributed by atoms with Crippen LogP contribution < -0.4 is 11.1 Å². The van der Waals surface area contributed by atoms with Gasteiger partial charge in [0.05, 0.1) is 11.9 Å². The van der Waals surface area contributed by atoms with Crippen molar-refractivity contribution in [2.24, 2.45) is 5.73 Å². The van der Waals surface area contributed by atoms with E-state index in [1.165, 1.54) is 0 Å².